The number of aliphatic carboxylic acids is 1. The maximum atomic E-state index is 12.1. The number of carbonyl (C=O) groups excluding carboxylic acids is 2. The van der Waals surface area contributed by atoms with E-state index in [1.807, 2.05) is 6.92 Å². The highest BCUT2D eigenvalue weighted by atomic mass is 16.5. The fourth-order valence-electron chi connectivity index (χ4n) is 2.13. The molecule has 1 aromatic carbocycles. The van der Waals surface area contributed by atoms with Crippen LogP contribution in [0.25, 0.3) is 0 Å². The number of amides is 1. The summed E-state index contributed by atoms with van der Waals surface area (Å²) in [7, 11) is 0. The number of phenols is 2. The lowest BCUT2D eigenvalue weighted by atomic mass is 10.1. The first-order valence-electron chi connectivity index (χ1n) is 8.45. The molecular formula is C18H25NO7. The van der Waals surface area contributed by atoms with Crippen LogP contribution in [0, 0.1) is 0 Å². The molecule has 1 aromatic rings. The van der Waals surface area contributed by atoms with E-state index in [1.165, 1.54) is 12.1 Å². The average molecular weight is 367 g/mol. The van der Waals surface area contributed by atoms with Gasteiger partial charge in [0, 0.05) is 12.8 Å². The zero-order chi connectivity index (χ0) is 19.7. The SMILES string of the molecule is CCC(C)OC(=O)C(CCC(=O)O)NC(=O)CCc1ccc(O)c(O)c1. The topological polar surface area (TPSA) is 133 Å². The van der Waals surface area contributed by atoms with Crippen LogP contribution in [0.5, 0.6) is 11.5 Å². The Kier molecular flexibility index (Phi) is 8.41. The van der Waals surface area contributed by atoms with Gasteiger partial charge in [-0.05, 0) is 43.9 Å². The second-order valence-corrected chi connectivity index (χ2v) is 6.03. The Morgan fingerprint density at radius 2 is 1.85 bits per heavy atom. The van der Waals surface area contributed by atoms with Gasteiger partial charge in [-0.3, -0.25) is 9.59 Å². The van der Waals surface area contributed by atoms with Gasteiger partial charge in [0.05, 0.1) is 6.10 Å². The van der Waals surface area contributed by atoms with Crippen LogP contribution in [0.4, 0.5) is 0 Å². The van der Waals surface area contributed by atoms with Crippen molar-refractivity contribution in [1.82, 2.24) is 5.32 Å². The summed E-state index contributed by atoms with van der Waals surface area (Å²) in [4.78, 5) is 35.0. The lowest BCUT2D eigenvalue weighted by molar-refractivity contribution is -0.152. The molecule has 0 saturated carbocycles. The van der Waals surface area contributed by atoms with Gasteiger partial charge < -0.3 is 25.4 Å². The predicted octanol–water partition coefficient (Wildman–Crippen LogP) is 1.72. The van der Waals surface area contributed by atoms with E-state index in [9.17, 15) is 24.6 Å². The molecule has 0 spiro atoms. The van der Waals surface area contributed by atoms with E-state index in [4.69, 9.17) is 9.84 Å². The van der Waals surface area contributed by atoms with Gasteiger partial charge in [0.2, 0.25) is 5.91 Å². The summed E-state index contributed by atoms with van der Waals surface area (Å²) < 4.78 is 5.18. The van der Waals surface area contributed by atoms with E-state index in [0.29, 0.717) is 12.0 Å². The highest BCUT2D eigenvalue weighted by Gasteiger charge is 2.24. The molecule has 1 amide bonds. The van der Waals surface area contributed by atoms with Gasteiger partial charge in [0.15, 0.2) is 11.5 Å². The van der Waals surface area contributed by atoms with Crippen molar-refractivity contribution in [3.63, 3.8) is 0 Å². The van der Waals surface area contributed by atoms with Gasteiger partial charge in [0.25, 0.3) is 0 Å². The monoisotopic (exact) mass is 367 g/mol. The van der Waals surface area contributed by atoms with E-state index >= 15 is 0 Å². The molecule has 2 unspecified atom stereocenters. The number of hydrogen-bond donors (Lipinski definition) is 4. The van der Waals surface area contributed by atoms with Crippen LogP contribution in [0.2, 0.25) is 0 Å². The number of aromatic hydroxyl groups is 2. The smallest absolute Gasteiger partial charge is 0.328 e. The number of nitrogens with one attached hydrogen (secondary N) is 1. The Bertz CT molecular complexity index is 644. The Labute approximate surface area is 151 Å². The molecule has 1 rings (SSSR count). The van der Waals surface area contributed by atoms with Crippen molar-refractivity contribution in [2.24, 2.45) is 0 Å². The number of carbonyl (C=O) groups is 3. The number of hydrogen-bond acceptors (Lipinski definition) is 6. The van der Waals surface area contributed by atoms with E-state index in [1.54, 1.807) is 13.0 Å². The van der Waals surface area contributed by atoms with Gasteiger partial charge >= 0.3 is 11.9 Å². The normalized spacial score (nSPS) is 12.8. The number of carboxylic acids is 1. The lowest BCUT2D eigenvalue weighted by Crippen LogP contribution is -2.43. The summed E-state index contributed by atoms with van der Waals surface area (Å²) in [6.07, 6.45) is 0.265. The second kappa shape index (κ2) is 10.3. The first-order chi connectivity index (χ1) is 12.2. The number of aryl methyl sites for hydroxylation is 1. The number of ether oxygens (including phenoxy) is 1. The van der Waals surface area contributed by atoms with Crippen LogP contribution in [0.1, 0.15) is 45.1 Å². The summed E-state index contributed by atoms with van der Waals surface area (Å²) >= 11 is 0. The molecule has 0 aliphatic rings. The molecule has 4 N–H and O–H groups in total. The standard InChI is InChI=1S/C18H25NO7/c1-3-11(2)26-18(25)13(6-9-17(23)24)19-16(22)8-5-12-4-7-14(20)15(21)10-12/h4,7,10-11,13,20-21H,3,5-6,8-9H2,1-2H3,(H,19,22)(H,23,24). The molecule has 2 atom stereocenters. The minimum Gasteiger partial charge on any atom is -0.504 e. The molecule has 8 heteroatoms. The number of benzene rings is 1. The first kappa shape index (κ1) is 21.3. The molecule has 26 heavy (non-hydrogen) atoms. The molecule has 0 radical (unpaired) electrons. The summed E-state index contributed by atoms with van der Waals surface area (Å²) in [5, 5.41) is 30.0. The molecule has 0 bridgehead atoms. The summed E-state index contributed by atoms with van der Waals surface area (Å²) in [6, 6.07) is 3.21. The van der Waals surface area contributed by atoms with E-state index < -0.39 is 23.9 Å². The molecular weight excluding hydrogens is 342 g/mol. The third-order valence-corrected chi connectivity index (χ3v) is 3.84. The number of rotatable bonds is 10. The fourth-order valence-corrected chi connectivity index (χ4v) is 2.13. The van der Waals surface area contributed by atoms with Crippen molar-refractivity contribution in [3.8, 4) is 11.5 Å². The van der Waals surface area contributed by atoms with E-state index in [-0.39, 0.29) is 43.3 Å². The van der Waals surface area contributed by atoms with Crippen molar-refractivity contribution in [2.45, 2.75) is 58.1 Å². The highest BCUT2D eigenvalue weighted by Crippen LogP contribution is 2.25. The summed E-state index contributed by atoms with van der Waals surface area (Å²) in [5.41, 5.74) is 0.639. The van der Waals surface area contributed by atoms with Crippen LogP contribution in [0.3, 0.4) is 0 Å². The third kappa shape index (κ3) is 7.42. The number of esters is 1. The molecule has 0 aliphatic heterocycles. The number of carboxylic acid groups (broad SMARTS) is 1. The molecule has 0 aliphatic carbocycles. The van der Waals surface area contributed by atoms with Crippen LogP contribution < -0.4 is 5.32 Å². The van der Waals surface area contributed by atoms with Crippen LogP contribution in [-0.4, -0.2) is 45.3 Å². The van der Waals surface area contributed by atoms with Crippen molar-refractivity contribution in [1.29, 1.82) is 0 Å². The first-order valence-corrected chi connectivity index (χ1v) is 8.45. The van der Waals surface area contributed by atoms with Crippen molar-refractivity contribution in [3.05, 3.63) is 23.8 Å². The van der Waals surface area contributed by atoms with Gasteiger partial charge in [-0.2, -0.15) is 0 Å². The fraction of sp³-hybridized carbons (Fsp3) is 0.500. The summed E-state index contributed by atoms with van der Waals surface area (Å²) in [5.74, 6) is -2.69. The molecule has 144 valence electrons. The molecule has 0 saturated heterocycles. The van der Waals surface area contributed by atoms with Crippen LogP contribution in [0.15, 0.2) is 18.2 Å². The minimum atomic E-state index is -1.07. The maximum Gasteiger partial charge on any atom is 0.328 e. The molecule has 0 aromatic heterocycles. The molecule has 8 nitrogen and oxygen atoms in total. The maximum absolute atomic E-state index is 12.1. The van der Waals surface area contributed by atoms with Crippen molar-refractivity contribution < 1.29 is 34.4 Å². The lowest BCUT2D eigenvalue weighted by Gasteiger charge is -2.19. The van der Waals surface area contributed by atoms with Gasteiger partial charge in [0.1, 0.15) is 6.04 Å². The highest BCUT2D eigenvalue weighted by molar-refractivity contribution is 5.85. The zero-order valence-corrected chi connectivity index (χ0v) is 14.9. The Morgan fingerprint density at radius 3 is 2.42 bits per heavy atom. The zero-order valence-electron chi connectivity index (χ0n) is 14.9. The van der Waals surface area contributed by atoms with Gasteiger partial charge in [-0.25, -0.2) is 4.79 Å². The molecule has 0 fully saturated rings. The molecule has 0 heterocycles. The van der Waals surface area contributed by atoms with Crippen molar-refractivity contribution >= 4 is 17.8 Å². The Hall–Kier alpha value is -2.77. The Morgan fingerprint density at radius 1 is 1.15 bits per heavy atom. The second-order valence-electron chi connectivity index (χ2n) is 6.03. The quantitative estimate of drug-likeness (QED) is 0.365. The predicted molar refractivity (Wildman–Crippen MR) is 92.7 cm³/mol. The van der Waals surface area contributed by atoms with Gasteiger partial charge in [-0.15, -0.1) is 0 Å². The average Bonchev–Trinajstić information content (AvgIpc) is 2.59. The third-order valence-electron chi connectivity index (χ3n) is 3.84. The van der Waals surface area contributed by atoms with Crippen LogP contribution >= 0.6 is 0 Å². The Balaban J connectivity index is 2.63. The van der Waals surface area contributed by atoms with Crippen LogP contribution in [-0.2, 0) is 25.5 Å². The van der Waals surface area contributed by atoms with Crippen molar-refractivity contribution in [2.75, 3.05) is 0 Å². The summed E-state index contributed by atoms with van der Waals surface area (Å²) in [6.45, 7) is 3.56. The largest absolute Gasteiger partial charge is 0.504 e. The minimum absolute atomic E-state index is 0.0321. The number of phenolic OH excluding ortho intramolecular Hbond substituents is 2. The van der Waals surface area contributed by atoms with E-state index in [0.717, 1.165) is 0 Å². The van der Waals surface area contributed by atoms with Gasteiger partial charge in [-0.1, -0.05) is 13.0 Å². The van der Waals surface area contributed by atoms with E-state index in [2.05, 4.69) is 5.32 Å².